The molecule has 0 fully saturated rings. The van der Waals surface area contributed by atoms with Crippen LogP contribution in [0, 0.1) is 0 Å². The molecule has 0 saturated heterocycles. The Morgan fingerprint density at radius 3 is 1.00 bits per heavy atom. The Balaban J connectivity index is -0.000000143. The summed E-state index contributed by atoms with van der Waals surface area (Å²) >= 11 is 0. The molecule has 0 aliphatic rings. The van der Waals surface area contributed by atoms with Gasteiger partial charge in [-0.1, -0.05) is 20.8 Å². The molecular formula is C18H38N6O4. The lowest BCUT2D eigenvalue weighted by Gasteiger charge is -1.93. The van der Waals surface area contributed by atoms with Crippen LogP contribution in [-0.2, 0) is 19.2 Å². The highest BCUT2D eigenvalue weighted by Crippen LogP contribution is 1.80. The normalized spacial score (nSPS) is 9.79. The molecule has 0 atom stereocenters. The van der Waals surface area contributed by atoms with Crippen LogP contribution in [0.4, 0.5) is 0 Å². The first-order valence-corrected chi connectivity index (χ1v) is 8.93. The number of hydrogen-bond acceptors (Lipinski definition) is 7. The van der Waals surface area contributed by atoms with Crippen molar-refractivity contribution in [1.82, 2.24) is 16.3 Å². The maximum Gasteiger partial charge on any atom is 0.236 e. The predicted octanol–water partition coefficient (Wildman–Crippen LogP) is 1.80. The van der Waals surface area contributed by atoms with E-state index < -0.39 is 0 Å². The van der Waals surface area contributed by atoms with Crippen LogP contribution in [0.1, 0.15) is 81.6 Å². The van der Waals surface area contributed by atoms with Gasteiger partial charge >= 0.3 is 0 Å². The van der Waals surface area contributed by atoms with Crippen LogP contribution in [0.2, 0.25) is 0 Å². The third kappa shape index (κ3) is 49.5. The van der Waals surface area contributed by atoms with Gasteiger partial charge < -0.3 is 4.79 Å². The molecular weight excluding hydrogens is 364 g/mol. The zero-order chi connectivity index (χ0) is 23.1. The topological polar surface area (TPSA) is 155 Å². The van der Waals surface area contributed by atoms with Crippen LogP contribution in [0.5, 0.6) is 0 Å². The van der Waals surface area contributed by atoms with Crippen LogP contribution in [0.15, 0.2) is 10.2 Å². The molecule has 0 unspecified atom stereocenters. The van der Waals surface area contributed by atoms with Crippen LogP contribution >= 0.6 is 0 Å². The molecule has 0 saturated carbocycles. The molecule has 0 heterocycles. The lowest BCUT2D eigenvalue weighted by atomic mass is 10.3. The van der Waals surface area contributed by atoms with Gasteiger partial charge in [0.05, 0.1) is 0 Å². The monoisotopic (exact) mass is 402 g/mol. The zero-order valence-electron chi connectivity index (χ0n) is 18.7. The zero-order valence-corrected chi connectivity index (χ0v) is 18.7. The number of hydrogen-bond donors (Lipinski definition) is 4. The molecule has 0 bridgehead atoms. The number of amides is 3. The van der Waals surface area contributed by atoms with Crippen LogP contribution in [-0.4, -0.2) is 34.9 Å². The number of nitrogens with two attached hydrogens (primary N) is 1. The summed E-state index contributed by atoms with van der Waals surface area (Å²) in [7, 11) is 0. The molecule has 3 amide bonds. The van der Waals surface area contributed by atoms with Crippen LogP contribution in [0.25, 0.3) is 0 Å². The van der Waals surface area contributed by atoms with E-state index in [0.717, 1.165) is 24.3 Å². The van der Waals surface area contributed by atoms with Crippen molar-refractivity contribution >= 4 is 34.9 Å². The minimum atomic E-state index is -0.218. The smallest absolute Gasteiger partial charge is 0.236 e. The molecule has 0 radical (unpaired) electrons. The lowest BCUT2D eigenvalue weighted by molar-refractivity contribution is -0.119. The Morgan fingerprint density at radius 2 is 0.893 bits per heavy atom. The summed E-state index contributed by atoms with van der Waals surface area (Å²) in [6.45, 7) is 15.4. The fraction of sp³-hybridized carbons (Fsp3) is 0.667. The summed E-state index contributed by atoms with van der Waals surface area (Å²) in [5.41, 5.74) is 8.45. The molecule has 0 aromatic heterocycles. The summed E-state index contributed by atoms with van der Waals surface area (Å²) < 4.78 is 0. The number of carbonyl (C=O) groups is 4. The molecule has 10 nitrogen and oxygen atoms in total. The Morgan fingerprint density at radius 1 is 0.643 bits per heavy atom. The standard InChI is InChI=1S/2C6H12N2O.C4H8O.C2H6N2O/c2*1-4-5(2)7-8-6(3)9;1-3-4(2)5;1-2(5)4-3/h2*4H2,1-3H3,(H,8,9);3H2,1-2H3;3H2,1H3,(H,4,5)/b2*7-5-;;. The third-order valence-electron chi connectivity index (χ3n) is 2.53. The molecule has 0 aliphatic heterocycles. The molecule has 164 valence electrons. The van der Waals surface area contributed by atoms with Gasteiger partial charge in [0.1, 0.15) is 5.78 Å². The van der Waals surface area contributed by atoms with Crippen molar-refractivity contribution < 1.29 is 19.2 Å². The van der Waals surface area contributed by atoms with Gasteiger partial charge in [-0.25, -0.2) is 16.7 Å². The fourth-order valence-corrected chi connectivity index (χ4v) is 0.506. The largest absolute Gasteiger partial charge is 0.300 e. The molecule has 0 aromatic carbocycles. The van der Waals surface area contributed by atoms with E-state index in [2.05, 4.69) is 26.9 Å². The first kappa shape index (κ1) is 33.0. The Hall–Kier alpha value is -2.62. The highest BCUT2D eigenvalue weighted by Gasteiger charge is 1.87. The average molecular weight is 403 g/mol. The van der Waals surface area contributed by atoms with E-state index in [1.54, 1.807) is 6.92 Å². The molecule has 0 aliphatic carbocycles. The van der Waals surface area contributed by atoms with Gasteiger partial charge in [0, 0.05) is 38.6 Å². The van der Waals surface area contributed by atoms with Crippen LogP contribution in [0.3, 0.4) is 0 Å². The van der Waals surface area contributed by atoms with Crippen LogP contribution < -0.4 is 22.1 Å². The van der Waals surface area contributed by atoms with E-state index >= 15 is 0 Å². The second-order valence-electron chi connectivity index (χ2n) is 5.49. The number of hydrazone groups is 2. The van der Waals surface area contributed by atoms with Gasteiger partial charge in [-0.05, 0) is 33.6 Å². The molecule has 5 N–H and O–H groups in total. The summed E-state index contributed by atoms with van der Waals surface area (Å²) in [6.07, 6.45) is 2.42. The van der Waals surface area contributed by atoms with Crippen molar-refractivity contribution in [3.05, 3.63) is 0 Å². The SMILES string of the molecule is CC(=O)NN.CC/C(C)=N\NC(C)=O.CC/C(C)=N\NC(C)=O.CCC(C)=O. The summed E-state index contributed by atoms with van der Waals surface area (Å²) in [4.78, 5) is 39.9. The number of hydrazine groups is 1. The van der Waals surface area contributed by atoms with Crippen molar-refractivity contribution in [2.45, 2.75) is 81.6 Å². The number of nitrogens with one attached hydrogen (secondary N) is 3. The first-order chi connectivity index (χ1) is 12.9. The minimum Gasteiger partial charge on any atom is -0.300 e. The number of rotatable bonds is 5. The first-order valence-electron chi connectivity index (χ1n) is 8.93. The molecule has 0 rings (SSSR count). The minimum absolute atomic E-state index is 0.122. The fourth-order valence-electron chi connectivity index (χ4n) is 0.506. The van der Waals surface area contributed by atoms with Gasteiger partial charge in [0.2, 0.25) is 17.7 Å². The maximum atomic E-state index is 10.2. The van der Waals surface area contributed by atoms with E-state index in [9.17, 15) is 19.2 Å². The van der Waals surface area contributed by atoms with Gasteiger partial charge in [-0.2, -0.15) is 10.2 Å². The van der Waals surface area contributed by atoms with Crippen molar-refractivity contribution in [1.29, 1.82) is 0 Å². The Bertz CT molecular complexity index is 470. The van der Waals surface area contributed by atoms with E-state index in [1.807, 2.05) is 40.0 Å². The predicted molar refractivity (Wildman–Crippen MR) is 113 cm³/mol. The lowest BCUT2D eigenvalue weighted by Crippen LogP contribution is -2.26. The third-order valence-corrected chi connectivity index (χ3v) is 2.53. The second-order valence-corrected chi connectivity index (χ2v) is 5.49. The average Bonchev–Trinajstić information content (AvgIpc) is 2.65. The van der Waals surface area contributed by atoms with Crippen molar-refractivity contribution in [3.8, 4) is 0 Å². The van der Waals surface area contributed by atoms with Gasteiger partial charge in [0.15, 0.2) is 0 Å². The highest BCUT2D eigenvalue weighted by atomic mass is 16.2. The van der Waals surface area contributed by atoms with E-state index in [4.69, 9.17) is 0 Å². The number of Topliss-reactive ketones (excluding diaryl/α,β-unsaturated/α-hetero) is 1. The quantitative estimate of drug-likeness (QED) is 0.239. The van der Waals surface area contributed by atoms with E-state index in [-0.39, 0.29) is 23.5 Å². The molecule has 0 spiro atoms. The molecule has 28 heavy (non-hydrogen) atoms. The van der Waals surface area contributed by atoms with Gasteiger partial charge in [-0.3, -0.25) is 19.8 Å². The van der Waals surface area contributed by atoms with Crippen molar-refractivity contribution in [2.75, 3.05) is 0 Å². The molecule has 0 aromatic rings. The van der Waals surface area contributed by atoms with Crippen molar-refractivity contribution in [3.63, 3.8) is 0 Å². The molecule has 10 heteroatoms. The summed E-state index contributed by atoms with van der Waals surface area (Å²) in [6, 6.07) is 0. The highest BCUT2D eigenvalue weighted by molar-refractivity contribution is 5.84. The van der Waals surface area contributed by atoms with Crippen molar-refractivity contribution in [2.24, 2.45) is 16.0 Å². The van der Waals surface area contributed by atoms with E-state index in [1.165, 1.54) is 20.8 Å². The van der Waals surface area contributed by atoms with E-state index in [0.29, 0.717) is 6.42 Å². The Labute approximate surface area is 168 Å². The van der Waals surface area contributed by atoms with Gasteiger partial charge in [-0.15, -0.1) is 0 Å². The summed E-state index contributed by atoms with van der Waals surface area (Å²) in [5, 5.41) is 7.52. The Kier molecular flexibility index (Phi) is 28.7. The number of carbonyl (C=O) groups excluding carboxylic acids is 4. The summed E-state index contributed by atoms with van der Waals surface area (Å²) in [5.74, 6) is 4.36. The number of ketones is 1. The second kappa shape index (κ2) is 24.4. The van der Waals surface area contributed by atoms with Gasteiger partial charge in [0.25, 0.3) is 0 Å². The maximum absolute atomic E-state index is 10.2. The number of nitrogens with zero attached hydrogens (tertiary/aromatic N) is 2.